The summed E-state index contributed by atoms with van der Waals surface area (Å²) >= 11 is 1.13. The fourth-order valence-corrected chi connectivity index (χ4v) is 3.58. The number of anilines is 2. The number of hydrogen-bond acceptors (Lipinski definition) is 12. The fraction of sp³-hybridized carbons (Fsp3) is 0.556. The Balaban J connectivity index is 2.61. The minimum Gasteiger partial charge on any atom is -0.456 e. The molecule has 2 heterocycles. The second kappa shape index (κ2) is 10.5. The van der Waals surface area contributed by atoms with E-state index in [-0.39, 0.29) is 23.3 Å². The second-order valence-corrected chi connectivity index (χ2v) is 7.51. The first-order chi connectivity index (χ1) is 15.0. The number of nitrogens with zero attached hydrogens (tertiary/aromatic N) is 2. The number of nitrogen functional groups attached to an aromatic ring is 1. The molecule has 0 radical (unpaired) electrons. The molecular formula is C18H24N4O9S. The molecule has 13 nitrogen and oxygen atoms in total. The molecule has 1 aliphatic rings. The molecular weight excluding hydrogens is 448 g/mol. The number of esters is 3. The smallest absolute Gasteiger partial charge is 0.303 e. The van der Waals surface area contributed by atoms with Gasteiger partial charge in [0.2, 0.25) is 5.91 Å². The lowest BCUT2D eigenvalue weighted by Crippen LogP contribution is -2.63. The molecule has 1 aromatic heterocycles. The summed E-state index contributed by atoms with van der Waals surface area (Å²) in [6.45, 7) is 4.13. The van der Waals surface area contributed by atoms with Gasteiger partial charge in [0.15, 0.2) is 41.2 Å². The Morgan fingerprint density at radius 2 is 1.62 bits per heavy atom. The largest absolute Gasteiger partial charge is 0.456 e. The zero-order valence-electron chi connectivity index (χ0n) is 18.1. The normalized spacial score (nSPS) is 22.5. The van der Waals surface area contributed by atoms with E-state index >= 15 is 0 Å². The van der Waals surface area contributed by atoms with Gasteiger partial charge in [-0.15, -0.1) is 0 Å². The SMILES string of the molecule is CSc1nc(N)c(N(C(C)=O)[C@H]2OC[C@H](OC(C)=O)[C@@H](OC(C)=O)[C@@H]2OC(C)=O)c(=O)[nH]1. The topological polar surface area (TPSA) is 180 Å². The van der Waals surface area contributed by atoms with Gasteiger partial charge in [-0.3, -0.25) is 33.9 Å². The van der Waals surface area contributed by atoms with E-state index in [1.807, 2.05) is 0 Å². The maximum Gasteiger partial charge on any atom is 0.303 e. The Kier molecular flexibility index (Phi) is 8.21. The number of carbonyl (C=O) groups excluding carboxylic acids is 4. The summed E-state index contributed by atoms with van der Waals surface area (Å²) in [7, 11) is 0. The van der Waals surface area contributed by atoms with E-state index < -0.39 is 53.9 Å². The fourth-order valence-electron chi connectivity index (χ4n) is 3.20. The first-order valence-electron chi connectivity index (χ1n) is 9.33. The Hall–Kier alpha value is -3.13. The van der Waals surface area contributed by atoms with Crippen LogP contribution in [-0.4, -0.2) is 71.2 Å². The van der Waals surface area contributed by atoms with Crippen molar-refractivity contribution in [2.24, 2.45) is 0 Å². The molecule has 0 aliphatic carbocycles. The molecule has 1 amide bonds. The number of thioether (sulfide) groups is 1. The number of aromatic nitrogens is 2. The van der Waals surface area contributed by atoms with E-state index in [4.69, 9.17) is 24.7 Å². The average molecular weight is 472 g/mol. The van der Waals surface area contributed by atoms with E-state index in [2.05, 4.69) is 9.97 Å². The highest BCUT2D eigenvalue weighted by Gasteiger charge is 2.50. The quantitative estimate of drug-likeness (QED) is 0.236. The highest BCUT2D eigenvalue weighted by Crippen LogP contribution is 2.30. The highest BCUT2D eigenvalue weighted by molar-refractivity contribution is 7.98. The van der Waals surface area contributed by atoms with Crippen LogP contribution in [0.15, 0.2) is 9.95 Å². The second-order valence-electron chi connectivity index (χ2n) is 6.72. The van der Waals surface area contributed by atoms with Gasteiger partial charge in [-0.1, -0.05) is 11.8 Å². The van der Waals surface area contributed by atoms with Crippen molar-refractivity contribution >= 4 is 47.1 Å². The van der Waals surface area contributed by atoms with Gasteiger partial charge in [-0.25, -0.2) is 4.98 Å². The number of carbonyl (C=O) groups is 4. The van der Waals surface area contributed by atoms with Crippen LogP contribution in [0.3, 0.4) is 0 Å². The molecule has 1 aromatic rings. The molecule has 2 rings (SSSR count). The summed E-state index contributed by atoms with van der Waals surface area (Å²) in [5.41, 5.74) is 4.86. The number of nitrogens with one attached hydrogen (secondary N) is 1. The summed E-state index contributed by atoms with van der Waals surface area (Å²) in [5.74, 6) is -3.23. The van der Waals surface area contributed by atoms with E-state index in [9.17, 15) is 24.0 Å². The Labute approximate surface area is 186 Å². The zero-order chi connectivity index (χ0) is 24.2. The molecule has 32 heavy (non-hydrogen) atoms. The maximum atomic E-state index is 12.7. The maximum absolute atomic E-state index is 12.7. The number of rotatable bonds is 6. The van der Waals surface area contributed by atoms with Crippen LogP contribution >= 0.6 is 11.8 Å². The van der Waals surface area contributed by atoms with E-state index in [0.29, 0.717) is 0 Å². The van der Waals surface area contributed by atoms with Gasteiger partial charge in [-0.05, 0) is 6.26 Å². The van der Waals surface area contributed by atoms with Crippen LogP contribution in [0.1, 0.15) is 27.7 Å². The van der Waals surface area contributed by atoms with Crippen LogP contribution in [0, 0.1) is 0 Å². The van der Waals surface area contributed by atoms with Crippen molar-refractivity contribution < 1.29 is 38.1 Å². The summed E-state index contributed by atoms with van der Waals surface area (Å²) in [5, 5.41) is 0.216. The van der Waals surface area contributed by atoms with Gasteiger partial charge in [0.25, 0.3) is 5.56 Å². The standard InChI is InChI=1S/C18H24N4O9S/c1-7(23)22(12-15(19)20-18(32-5)21-16(12)27)17-14(31-10(4)26)13(30-9(3)25)11(6-28-17)29-8(2)24/h11,13-14,17H,6H2,1-5H3,(H3,19,20,21,27)/t11-,13+,14-,17-/m0/s1. The molecule has 0 unspecified atom stereocenters. The summed E-state index contributed by atoms with van der Waals surface area (Å²) in [6.07, 6.45) is -3.71. The number of H-pyrrole nitrogens is 1. The van der Waals surface area contributed by atoms with Crippen LogP contribution in [0.4, 0.5) is 11.5 Å². The number of hydrogen-bond donors (Lipinski definition) is 2. The lowest BCUT2D eigenvalue weighted by molar-refractivity contribution is -0.225. The molecule has 4 atom stereocenters. The van der Waals surface area contributed by atoms with Gasteiger partial charge < -0.3 is 24.7 Å². The van der Waals surface area contributed by atoms with Crippen LogP contribution in [-0.2, 0) is 38.1 Å². The van der Waals surface area contributed by atoms with Crippen molar-refractivity contribution in [1.29, 1.82) is 0 Å². The Morgan fingerprint density at radius 3 is 2.09 bits per heavy atom. The van der Waals surface area contributed by atoms with Crippen LogP contribution in [0.25, 0.3) is 0 Å². The third-order valence-corrected chi connectivity index (χ3v) is 4.83. The van der Waals surface area contributed by atoms with Gasteiger partial charge in [0, 0.05) is 27.7 Å². The summed E-state index contributed by atoms with van der Waals surface area (Å²) < 4.78 is 21.4. The third kappa shape index (κ3) is 5.76. The number of nitrogens with two attached hydrogens (primary N) is 1. The van der Waals surface area contributed by atoms with Crippen molar-refractivity contribution in [2.75, 3.05) is 23.5 Å². The summed E-state index contributed by atoms with van der Waals surface area (Å²) in [6, 6.07) is 0. The molecule has 1 aliphatic heterocycles. The predicted molar refractivity (Wildman–Crippen MR) is 111 cm³/mol. The monoisotopic (exact) mass is 472 g/mol. The summed E-state index contributed by atoms with van der Waals surface area (Å²) in [4.78, 5) is 67.7. The molecule has 176 valence electrons. The van der Waals surface area contributed by atoms with Crippen LogP contribution in [0.2, 0.25) is 0 Å². The average Bonchev–Trinajstić information content (AvgIpc) is 2.66. The van der Waals surface area contributed by atoms with Gasteiger partial charge in [-0.2, -0.15) is 0 Å². The molecule has 0 spiro atoms. The van der Waals surface area contributed by atoms with E-state index in [1.165, 1.54) is 0 Å². The lowest BCUT2D eigenvalue weighted by atomic mass is 10.0. The van der Waals surface area contributed by atoms with Gasteiger partial charge >= 0.3 is 17.9 Å². The Morgan fingerprint density at radius 1 is 1.06 bits per heavy atom. The molecule has 0 bridgehead atoms. The predicted octanol–water partition coefficient (Wildman–Crippen LogP) is -0.422. The Bertz CT molecular complexity index is 966. The lowest BCUT2D eigenvalue weighted by Gasteiger charge is -2.44. The minimum absolute atomic E-state index is 0.216. The van der Waals surface area contributed by atoms with Gasteiger partial charge in [0.05, 0.1) is 6.61 Å². The highest BCUT2D eigenvalue weighted by atomic mass is 32.2. The van der Waals surface area contributed by atoms with Crippen molar-refractivity contribution in [3.05, 3.63) is 10.4 Å². The van der Waals surface area contributed by atoms with Crippen LogP contribution in [0.5, 0.6) is 0 Å². The third-order valence-electron chi connectivity index (χ3n) is 4.25. The van der Waals surface area contributed by atoms with Crippen molar-refractivity contribution in [3.8, 4) is 0 Å². The number of aromatic amines is 1. The molecule has 3 N–H and O–H groups in total. The molecule has 1 saturated heterocycles. The molecule has 0 aromatic carbocycles. The van der Waals surface area contributed by atoms with Crippen molar-refractivity contribution in [1.82, 2.24) is 9.97 Å². The number of ether oxygens (including phenoxy) is 4. The number of amides is 1. The van der Waals surface area contributed by atoms with Crippen LogP contribution < -0.4 is 16.2 Å². The first-order valence-corrected chi connectivity index (χ1v) is 10.6. The van der Waals surface area contributed by atoms with E-state index in [1.54, 1.807) is 6.26 Å². The first kappa shape index (κ1) is 25.1. The van der Waals surface area contributed by atoms with Crippen molar-refractivity contribution in [3.63, 3.8) is 0 Å². The van der Waals surface area contributed by atoms with Crippen molar-refractivity contribution in [2.45, 2.75) is 57.4 Å². The molecule has 14 heteroatoms. The zero-order valence-corrected chi connectivity index (χ0v) is 18.9. The molecule has 0 saturated carbocycles. The van der Waals surface area contributed by atoms with Gasteiger partial charge in [0.1, 0.15) is 0 Å². The van der Waals surface area contributed by atoms with E-state index in [0.717, 1.165) is 44.4 Å². The minimum atomic E-state index is -1.46. The molecule has 1 fully saturated rings.